The molecule has 0 spiro atoms. The Morgan fingerprint density at radius 3 is 0.875 bits per heavy atom. The van der Waals surface area contributed by atoms with Crippen molar-refractivity contribution in [2.24, 2.45) is 0 Å². The van der Waals surface area contributed by atoms with Gasteiger partial charge in [-0.1, -0.05) is 0 Å². The normalized spacial score (nSPS) is 12.4. The number of benzene rings is 1. The van der Waals surface area contributed by atoms with Crippen molar-refractivity contribution < 1.29 is 52.3 Å². The van der Waals surface area contributed by atoms with Crippen molar-refractivity contribution in [3.05, 3.63) is 31.4 Å². The van der Waals surface area contributed by atoms with Gasteiger partial charge in [0.15, 0.2) is 0 Å². The monoisotopic (exact) mass is 630 g/mol. The second kappa shape index (κ2) is 9.69. The maximum Gasteiger partial charge on any atom is 0.522 e. The van der Waals surface area contributed by atoms with Gasteiger partial charge in [0.05, 0.1) is 0 Å². The Bertz CT molecular complexity index is 648. The summed E-state index contributed by atoms with van der Waals surface area (Å²) < 4.78 is 118. The Labute approximate surface area is 159 Å². The SMILES string of the molecule is Ic1ccc(I)cc1.O=S(=O)(O)C(F)(F)F.O=S(=O)(O)C(F)(F)F. The van der Waals surface area contributed by atoms with Crippen LogP contribution in [-0.2, 0) is 20.2 Å². The minimum Gasteiger partial charge on any atom is -0.279 e. The van der Waals surface area contributed by atoms with Gasteiger partial charge in [-0.05, 0) is 69.4 Å². The molecule has 2 N–H and O–H groups in total. The molecule has 1 aromatic carbocycles. The Kier molecular flexibility index (Phi) is 10.6. The van der Waals surface area contributed by atoms with Crippen molar-refractivity contribution in [2.75, 3.05) is 0 Å². The predicted octanol–water partition coefficient (Wildman–Crippen LogP) is 3.68. The minimum absolute atomic E-state index is 1.29. The summed E-state index contributed by atoms with van der Waals surface area (Å²) in [5.74, 6) is 0. The van der Waals surface area contributed by atoms with E-state index in [-0.39, 0.29) is 0 Å². The standard InChI is InChI=1S/C6H4I2.2CHF3O3S/c7-5-1-2-6(8)4-3-5;2*2-1(3,4)8(5,6)7/h1-4H;2*(H,5,6,7). The molecule has 24 heavy (non-hydrogen) atoms. The molecule has 0 aliphatic heterocycles. The van der Waals surface area contributed by atoms with Crippen LogP contribution in [0.15, 0.2) is 24.3 Å². The zero-order valence-corrected chi connectivity index (χ0v) is 16.6. The fraction of sp³-hybridized carbons (Fsp3) is 0.250. The first-order valence-corrected chi connectivity index (χ1v) is 9.81. The fourth-order valence-corrected chi connectivity index (χ4v) is 1.15. The fourth-order valence-electron chi connectivity index (χ4n) is 0.430. The molecule has 0 fully saturated rings. The smallest absolute Gasteiger partial charge is 0.279 e. The summed E-state index contributed by atoms with van der Waals surface area (Å²) in [4.78, 5) is 0. The molecule has 0 saturated carbocycles. The first-order chi connectivity index (χ1) is 10.3. The quantitative estimate of drug-likeness (QED) is 0.196. The van der Waals surface area contributed by atoms with Crippen LogP contribution in [0.4, 0.5) is 26.3 Å². The maximum absolute atomic E-state index is 10.7. The Hall–Kier alpha value is 0.0800. The second-order valence-electron chi connectivity index (χ2n) is 3.28. The lowest BCUT2D eigenvalue weighted by Gasteiger charge is -1.97. The topological polar surface area (TPSA) is 109 Å². The maximum atomic E-state index is 10.7. The molecule has 1 rings (SSSR count). The summed E-state index contributed by atoms with van der Waals surface area (Å²) in [6, 6.07) is 8.40. The van der Waals surface area contributed by atoms with Gasteiger partial charge in [0.1, 0.15) is 0 Å². The number of alkyl halides is 6. The van der Waals surface area contributed by atoms with E-state index in [1.165, 1.54) is 7.14 Å². The highest BCUT2D eigenvalue weighted by Crippen LogP contribution is 2.21. The number of hydrogen-bond donors (Lipinski definition) is 2. The molecule has 0 atom stereocenters. The summed E-state index contributed by atoms with van der Waals surface area (Å²) in [6.07, 6.45) is 0. The van der Waals surface area contributed by atoms with Gasteiger partial charge in [0.2, 0.25) is 0 Å². The molecule has 0 bridgehead atoms. The van der Waals surface area contributed by atoms with E-state index in [1.54, 1.807) is 0 Å². The Balaban J connectivity index is 0. The van der Waals surface area contributed by atoms with Crippen LogP contribution in [0.25, 0.3) is 0 Å². The zero-order chi connectivity index (χ0) is 20.0. The molecule has 0 aromatic heterocycles. The summed E-state index contributed by atoms with van der Waals surface area (Å²) in [5, 5.41) is 0. The number of hydrogen-bond acceptors (Lipinski definition) is 4. The van der Waals surface area contributed by atoms with Gasteiger partial charge in [-0.25, -0.2) is 0 Å². The van der Waals surface area contributed by atoms with Crippen molar-refractivity contribution in [3.8, 4) is 0 Å². The van der Waals surface area contributed by atoms with Crippen molar-refractivity contribution in [1.29, 1.82) is 0 Å². The van der Waals surface area contributed by atoms with E-state index in [0.717, 1.165) is 0 Å². The molecule has 0 saturated heterocycles. The van der Waals surface area contributed by atoms with E-state index in [9.17, 15) is 26.3 Å². The van der Waals surface area contributed by atoms with Crippen LogP contribution in [0.5, 0.6) is 0 Å². The molecule has 0 unspecified atom stereocenters. The number of rotatable bonds is 0. The molecule has 6 nitrogen and oxygen atoms in total. The highest BCUT2D eigenvalue weighted by Gasteiger charge is 2.45. The average molecular weight is 630 g/mol. The molecule has 0 heterocycles. The van der Waals surface area contributed by atoms with E-state index in [4.69, 9.17) is 25.9 Å². The molecule has 1 aromatic rings. The highest BCUT2D eigenvalue weighted by molar-refractivity contribution is 14.1. The lowest BCUT2D eigenvalue weighted by atomic mass is 10.4. The molecular weight excluding hydrogens is 624 g/mol. The van der Waals surface area contributed by atoms with E-state index >= 15 is 0 Å². The molecule has 0 radical (unpaired) electrons. The Morgan fingerprint density at radius 1 is 0.667 bits per heavy atom. The van der Waals surface area contributed by atoms with Gasteiger partial charge in [0, 0.05) is 7.14 Å². The lowest BCUT2D eigenvalue weighted by Crippen LogP contribution is -2.21. The summed E-state index contributed by atoms with van der Waals surface area (Å²) >= 11 is 4.59. The van der Waals surface area contributed by atoms with Gasteiger partial charge in [-0.2, -0.15) is 43.2 Å². The van der Waals surface area contributed by atoms with Crippen LogP contribution < -0.4 is 0 Å². The van der Waals surface area contributed by atoms with Crippen LogP contribution in [0.3, 0.4) is 0 Å². The van der Waals surface area contributed by atoms with Gasteiger partial charge in [0.25, 0.3) is 0 Å². The molecular formula is C8H6F6I2O6S2. The molecule has 142 valence electrons. The molecule has 16 heteroatoms. The third-order valence-electron chi connectivity index (χ3n) is 1.39. The van der Waals surface area contributed by atoms with Crippen molar-refractivity contribution >= 4 is 65.4 Å². The zero-order valence-electron chi connectivity index (χ0n) is 10.7. The van der Waals surface area contributed by atoms with Crippen LogP contribution in [0.1, 0.15) is 0 Å². The van der Waals surface area contributed by atoms with Crippen molar-refractivity contribution in [3.63, 3.8) is 0 Å². The van der Waals surface area contributed by atoms with E-state index in [0.29, 0.717) is 0 Å². The van der Waals surface area contributed by atoms with Gasteiger partial charge >= 0.3 is 31.3 Å². The largest absolute Gasteiger partial charge is 0.522 e. The van der Waals surface area contributed by atoms with Gasteiger partial charge < -0.3 is 0 Å². The lowest BCUT2D eigenvalue weighted by molar-refractivity contribution is -0.0514. The summed E-state index contributed by atoms with van der Waals surface area (Å²) in [6.45, 7) is 0. The molecule has 0 aliphatic rings. The summed E-state index contributed by atoms with van der Waals surface area (Å²) in [5.41, 5.74) is -11.1. The highest BCUT2D eigenvalue weighted by atomic mass is 127. The van der Waals surface area contributed by atoms with Crippen LogP contribution in [0, 0.1) is 7.14 Å². The first-order valence-electron chi connectivity index (χ1n) is 4.77. The summed E-state index contributed by atoms with van der Waals surface area (Å²) in [7, 11) is -11.7. The third kappa shape index (κ3) is 12.4. The van der Waals surface area contributed by atoms with Crippen LogP contribution >= 0.6 is 45.2 Å². The number of halogens is 8. The van der Waals surface area contributed by atoms with E-state index in [1.807, 2.05) is 0 Å². The molecule has 0 aliphatic carbocycles. The van der Waals surface area contributed by atoms with E-state index < -0.39 is 31.3 Å². The van der Waals surface area contributed by atoms with Crippen molar-refractivity contribution in [2.45, 2.75) is 11.0 Å². The first kappa shape index (κ1) is 26.3. The van der Waals surface area contributed by atoms with Gasteiger partial charge in [-0.3, -0.25) is 9.11 Å². The molecule has 0 amide bonds. The van der Waals surface area contributed by atoms with E-state index in [2.05, 4.69) is 69.4 Å². The van der Waals surface area contributed by atoms with Gasteiger partial charge in [-0.15, -0.1) is 0 Å². The van der Waals surface area contributed by atoms with Crippen LogP contribution in [-0.4, -0.2) is 37.0 Å². The third-order valence-corrected chi connectivity index (χ3v) is 4.00. The van der Waals surface area contributed by atoms with Crippen molar-refractivity contribution in [1.82, 2.24) is 0 Å². The minimum atomic E-state index is -5.84. The second-order valence-corrected chi connectivity index (χ2v) is 8.60. The predicted molar refractivity (Wildman–Crippen MR) is 87.1 cm³/mol. The Morgan fingerprint density at radius 2 is 0.792 bits per heavy atom. The van der Waals surface area contributed by atoms with Crippen LogP contribution in [0.2, 0.25) is 0 Å². The average Bonchev–Trinajstić information content (AvgIpc) is 2.29.